The number of thiophene rings is 1. The molecule has 28 heavy (non-hydrogen) atoms. The number of anilines is 1. The number of ether oxygens (including phenoxy) is 2. The summed E-state index contributed by atoms with van der Waals surface area (Å²) in [6.45, 7) is 4.10. The minimum Gasteiger partial charge on any atom is -0.483 e. The Kier molecular flexibility index (Phi) is 6.78. The predicted molar refractivity (Wildman–Crippen MR) is 115 cm³/mol. The smallest absolute Gasteiger partial charge is 0.341 e. The van der Waals surface area contributed by atoms with E-state index in [1.165, 1.54) is 24.0 Å². The van der Waals surface area contributed by atoms with Crippen LogP contribution in [0.1, 0.15) is 59.0 Å². The number of methoxy groups -OCH3 is 1. The molecular weight excluding hydrogens is 442 g/mol. The van der Waals surface area contributed by atoms with E-state index in [1.807, 2.05) is 18.2 Å². The molecule has 2 aromatic rings. The van der Waals surface area contributed by atoms with E-state index in [9.17, 15) is 9.59 Å². The highest BCUT2D eigenvalue weighted by atomic mass is 79.9. The number of hydrogen-bond acceptors (Lipinski definition) is 5. The molecule has 5 nitrogen and oxygen atoms in total. The fourth-order valence-corrected chi connectivity index (χ4v) is 5.08. The first-order valence-electron chi connectivity index (χ1n) is 9.35. The normalized spacial score (nSPS) is 13.2. The summed E-state index contributed by atoms with van der Waals surface area (Å²) >= 11 is 4.96. The summed E-state index contributed by atoms with van der Waals surface area (Å²) in [6, 6.07) is 5.85. The zero-order chi connectivity index (χ0) is 20.3. The Labute approximate surface area is 177 Å². The zero-order valence-corrected chi connectivity index (χ0v) is 18.7. The van der Waals surface area contributed by atoms with E-state index in [0.29, 0.717) is 22.2 Å². The minimum absolute atomic E-state index is 0.136. The Morgan fingerprint density at radius 3 is 2.68 bits per heavy atom. The fraction of sp³-hybridized carbons (Fsp3) is 0.429. The predicted octanol–water partition coefficient (Wildman–Crippen LogP) is 5.32. The van der Waals surface area contributed by atoms with Crippen LogP contribution in [-0.4, -0.2) is 25.6 Å². The van der Waals surface area contributed by atoms with Gasteiger partial charge in [0, 0.05) is 4.88 Å². The standard InChI is InChI=1S/C21H24BrNO4S/c1-12(2)13-8-9-16(15(22)10-13)27-11-18(24)23-20-19(21(25)26-3)14-6-4-5-7-17(14)28-20/h8-10,12H,4-7,11H2,1-3H3,(H,23,24). The summed E-state index contributed by atoms with van der Waals surface area (Å²) in [4.78, 5) is 25.9. The topological polar surface area (TPSA) is 64.6 Å². The number of aryl methyl sites for hydroxylation is 1. The average molecular weight is 466 g/mol. The molecule has 1 aromatic carbocycles. The third kappa shape index (κ3) is 4.58. The van der Waals surface area contributed by atoms with Gasteiger partial charge >= 0.3 is 5.97 Å². The lowest BCUT2D eigenvalue weighted by Crippen LogP contribution is -2.21. The Hall–Kier alpha value is -1.86. The van der Waals surface area contributed by atoms with Gasteiger partial charge in [-0.2, -0.15) is 0 Å². The van der Waals surface area contributed by atoms with Crippen molar-refractivity contribution >= 4 is 44.1 Å². The maximum absolute atomic E-state index is 12.5. The lowest BCUT2D eigenvalue weighted by atomic mass is 9.95. The first-order chi connectivity index (χ1) is 13.4. The van der Waals surface area contributed by atoms with Crippen molar-refractivity contribution in [3.8, 4) is 5.75 Å². The molecule has 0 spiro atoms. The number of hydrogen-bond donors (Lipinski definition) is 1. The first kappa shape index (κ1) is 20.9. The van der Waals surface area contributed by atoms with Crippen LogP contribution < -0.4 is 10.1 Å². The highest BCUT2D eigenvalue weighted by Crippen LogP contribution is 2.38. The van der Waals surface area contributed by atoms with E-state index in [-0.39, 0.29) is 12.5 Å². The monoisotopic (exact) mass is 465 g/mol. The summed E-state index contributed by atoms with van der Waals surface area (Å²) in [5, 5.41) is 3.40. The molecule has 1 amide bonds. The molecule has 0 aliphatic heterocycles. The first-order valence-corrected chi connectivity index (χ1v) is 11.0. The van der Waals surface area contributed by atoms with Gasteiger partial charge in [-0.15, -0.1) is 11.3 Å². The summed E-state index contributed by atoms with van der Waals surface area (Å²) < 4.78 is 11.4. The van der Waals surface area contributed by atoms with Crippen molar-refractivity contribution in [3.05, 3.63) is 44.2 Å². The number of nitrogens with one attached hydrogen (secondary N) is 1. The van der Waals surface area contributed by atoms with E-state index in [4.69, 9.17) is 9.47 Å². The number of amides is 1. The number of carbonyl (C=O) groups is 2. The SMILES string of the molecule is COC(=O)c1c(NC(=O)COc2ccc(C(C)C)cc2Br)sc2c1CCCC2. The third-order valence-electron chi connectivity index (χ3n) is 4.80. The summed E-state index contributed by atoms with van der Waals surface area (Å²) in [7, 11) is 1.36. The van der Waals surface area contributed by atoms with Gasteiger partial charge in [0.05, 0.1) is 17.1 Å². The highest BCUT2D eigenvalue weighted by Gasteiger charge is 2.27. The lowest BCUT2D eigenvalue weighted by Gasteiger charge is -2.12. The molecule has 3 rings (SSSR count). The quantitative estimate of drug-likeness (QED) is 0.586. The molecule has 0 atom stereocenters. The van der Waals surface area contributed by atoms with Gasteiger partial charge in [-0.05, 0) is 70.8 Å². The van der Waals surface area contributed by atoms with E-state index < -0.39 is 5.97 Å². The van der Waals surface area contributed by atoms with Crippen molar-refractivity contribution in [3.63, 3.8) is 0 Å². The molecule has 0 radical (unpaired) electrons. The van der Waals surface area contributed by atoms with Crippen LogP contribution in [0, 0.1) is 0 Å². The Morgan fingerprint density at radius 1 is 1.25 bits per heavy atom. The second-order valence-corrected chi connectivity index (χ2v) is 9.05. The molecule has 0 unspecified atom stereocenters. The van der Waals surface area contributed by atoms with Crippen LogP contribution >= 0.6 is 27.3 Å². The van der Waals surface area contributed by atoms with E-state index in [2.05, 4.69) is 35.1 Å². The van der Waals surface area contributed by atoms with Crippen molar-refractivity contribution in [2.75, 3.05) is 19.0 Å². The fourth-order valence-electron chi connectivity index (χ4n) is 3.27. The molecule has 1 aliphatic carbocycles. The van der Waals surface area contributed by atoms with E-state index >= 15 is 0 Å². The van der Waals surface area contributed by atoms with Crippen molar-refractivity contribution in [2.24, 2.45) is 0 Å². The molecule has 1 heterocycles. The van der Waals surface area contributed by atoms with Gasteiger partial charge in [-0.3, -0.25) is 4.79 Å². The molecular formula is C21H24BrNO4S. The summed E-state index contributed by atoms with van der Waals surface area (Å²) in [6.07, 6.45) is 3.93. The van der Waals surface area contributed by atoms with Crippen molar-refractivity contribution in [2.45, 2.75) is 45.4 Å². The Balaban J connectivity index is 1.70. The maximum Gasteiger partial charge on any atom is 0.341 e. The molecule has 7 heteroatoms. The van der Waals surface area contributed by atoms with Crippen molar-refractivity contribution < 1.29 is 19.1 Å². The van der Waals surface area contributed by atoms with Crippen LogP contribution in [0.15, 0.2) is 22.7 Å². The maximum atomic E-state index is 12.5. The minimum atomic E-state index is -0.400. The van der Waals surface area contributed by atoms with E-state index in [0.717, 1.165) is 40.6 Å². The second-order valence-electron chi connectivity index (χ2n) is 7.09. The van der Waals surface area contributed by atoms with Crippen molar-refractivity contribution in [1.29, 1.82) is 0 Å². The van der Waals surface area contributed by atoms with Gasteiger partial charge < -0.3 is 14.8 Å². The largest absolute Gasteiger partial charge is 0.483 e. The van der Waals surface area contributed by atoms with Gasteiger partial charge in [0.15, 0.2) is 6.61 Å². The van der Waals surface area contributed by atoms with Crippen LogP contribution in [0.4, 0.5) is 5.00 Å². The van der Waals surface area contributed by atoms with Crippen LogP contribution in [0.25, 0.3) is 0 Å². The van der Waals surface area contributed by atoms with Crippen LogP contribution in [0.2, 0.25) is 0 Å². The molecule has 0 fully saturated rings. The number of esters is 1. The molecule has 1 aliphatic rings. The number of carbonyl (C=O) groups excluding carboxylic acids is 2. The number of benzene rings is 1. The molecule has 1 aromatic heterocycles. The number of fused-ring (bicyclic) bond motifs is 1. The van der Waals surface area contributed by atoms with Crippen LogP contribution in [0.5, 0.6) is 5.75 Å². The average Bonchev–Trinajstić information content (AvgIpc) is 3.03. The number of rotatable bonds is 6. The zero-order valence-electron chi connectivity index (χ0n) is 16.3. The highest BCUT2D eigenvalue weighted by molar-refractivity contribution is 9.10. The molecule has 0 saturated carbocycles. The van der Waals surface area contributed by atoms with E-state index in [1.54, 1.807) is 0 Å². The van der Waals surface area contributed by atoms with Crippen molar-refractivity contribution in [1.82, 2.24) is 0 Å². The van der Waals surface area contributed by atoms with Crippen LogP contribution in [-0.2, 0) is 22.4 Å². The Bertz CT molecular complexity index is 891. The summed E-state index contributed by atoms with van der Waals surface area (Å²) in [5.41, 5.74) is 2.71. The molecule has 150 valence electrons. The summed E-state index contributed by atoms with van der Waals surface area (Å²) in [5.74, 6) is 0.319. The lowest BCUT2D eigenvalue weighted by molar-refractivity contribution is -0.118. The van der Waals surface area contributed by atoms with Gasteiger partial charge in [-0.1, -0.05) is 19.9 Å². The third-order valence-corrected chi connectivity index (χ3v) is 6.62. The van der Waals surface area contributed by atoms with Gasteiger partial charge in [0.25, 0.3) is 5.91 Å². The molecule has 0 bridgehead atoms. The Morgan fingerprint density at radius 2 is 2.00 bits per heavy atom. The molecule has 1 N–H and O–H groups in total. The van der Waals surface area contributed by atoms with Gasteiger partial charge in [0.1, 0.15) is 10.8 Å². The van der Waals surface area contributed by atoms with Gasteiger partial charge in [0.2, 0.25) is 0 Å². The van der Waals surface area contributed by atoms with Crippen LogP contribution in [0.3, 0.4) is 0 Å². The number of halogens is 1. The van der Waals surface area contributed by atoms with Gasteiger partial charge in [-0.25, -0.2) is 4.79 Å². The second kappa shape index (κ2) is 9.09. The molecule has 0 saturated heterocycles.